The van der Waals surface area contributed by atoms with Gasteiger partial charge in [0.2, 0.25) is 0 Å². The zero-order valence-corrected chi connectivity index (χ0v) is 17.0. The van der Waals surface area contributed by atoms with Crippen LogP contribution in [0.4, 0.5) is 0 Å². The maximum atomic E-state index is 2.32. The van der Waals surface area contributed by atoms with Crippen molar-refractivity contribution in [2.45, 2.75) is 27.2 Å². The minimum atomic E-state index is 1.00. The molecule has 0 aromatic heterocycles. The van der Waals surface area contributed by atoms with Crippen molar-refractivity contribution in [1.82, 2.24) is 0 Å². The number of hydrogen-bond donors (Lipinski definition) is 0. The molecule has 3 aromatic carbocycles. The quantitative estimate of drug-likeness (QED) is 0.389. The van der Waals surface area contributed by atoms with Crippen LogP contribution in [-0.4, -0.2) is 0 Å². The van der Waals surface area contributed by atoms with Crippen molar-refractivity contribution in [2.75, 3.05) is 0 Å². The van der Waals surface area contributed by atoms with Crippen LogP contribution in [0.25, 0.3) is 16.7 Å². The minimum Gasteiger partial charge on any atom is -0.0769 e. The molecule has 0 radical (unpaired) electrons. The first kappa shape index (κ1) is 19.6. The van der Waals surface area contributed by atoms with Gasteiger partial charge in [0.25, 0.3) is 0 Å². The van der Waals surface area contributed by atoms with Gasteiger partial charge in [-0.2, -0.15) is 0 Å². The Morgan fingerprint density at radius 1 is 0.679 bits per heavy atom. The van der Waals surface area contributed by atoms with Gasteiger partial charge in [-0.1, -0.05) is 110 Å². The Balaban J connectivity index is 2.12. The van der Waals surface area contributed by atoms with Gasteiger partial charge < -0.3 is 0 Å². The second-order valence-electron chi connectivity index (χ2n) is 7.10. The number of allylic oxidation sites excluding steroid dienone is 6. The predicted molar refractivity (Wildman–Crippen MR) is 124 cm³/mol. The van der Waals surface area contributed by atoms with Crippen LogP contribution in [0.2, 0.25) is 0 Å². The summed E-state index contributed by atoms with van der Waals surface area (Å²) in [4.78, 5) is 0. The van der Waals surface area contributed by atoms with Crippen LogP contribution in [0.5, 0.6) is 0 Å². The summed E-state index contributed by atoms with van der Waals surface area (Å²) >= 11 is 0. The third-order valence-electron chi connectivity index (χ3n) is 4.79. The molecule has 0 fully saturated rings. The highest BCUT2D eigenvalue weighted by molar-refractivity contribution is 5.91. The van der Waals surface area contributed by atoms with Gasteiger partial charge in [-0.15, -0.1) is 0 Å². The summed E-state index contributed by atoms with van der Waals surface area (Å²) in [6, 6.07) is 29.9. The van der Waals surface area contributed by atoms with Crippen molar-refractivity contribution in [1.29, 1.82) is 0 Å². The second kappa shape index (κ2) is 9.71. The molecule has 0 unspecified atom stereocenters. The van der Waals surface area contributed by atoms with Gasteiger partial charge in [0, 0.05) is 0 Å². The third-order valence-corrected chi connectivity index (χ3v) is 4.79. The van der Waals surface area contributed by atoms with E-state index in [2.05, 4.69) is 124 Å². The first-order valence-corrected chi connectivity index (χ1v) is 9.95. The van der Waals surface area contributed by atoms with Crippen LogP contribution in [0.15, 0.2) is 103 Å². The molecule has 0 heterocycles. The van der Waals surface area contributed by atoms with E-state index >= 15 is 0 Å². The maximum Gasteiger partial charge on any atom is -0.0175 e. The lowest BCUT2D eigenvalue weighted by Gasteiger charge is -2.10. The number of hydrogen-bond acceptors (Lipinski definition) is 0. The van der Waals surface area contributed by atoms with Crippen molar-refractivity contribution in [3.8, 4) is 0 Å². The Bertz CT molecular complexity index is 986. The van der Waals surface area contributed by atoms with Crippen molar-refractivity contribution in [2.24, 2.45) is 0 Å². The van der Waals surface area contributed by atoms with Crippen LogP contribution in [-0.2, 0) is 0 Å². The fraction of sp³-hybridized carbons (Fsp3) is 0.143. The molecule has 28 heavy (non-hydrogen) atoms. The number of aryl methyl sites for hydroxylation is 1. The summed E-state index contributed by atoms with van der Waals surface area (Å²) in [6.45, 7) is 6.52. The van der Waals surface area contributed by atoms with E-state index in [1.807, 2.05) is 0 Å². The minimum absolute atomic E-state index is 1.00. The highest BCUT2D eigenvalue weighted by Crippen LogP contribution is 2.27. The molecular formula is C28H28. The zero-order chi connectivity index (χ0) is 19.8. The Kier molecular flexibility index (Phi) is 6.81. The van der Waals surface area contributed by atoms with Crippen molar-refractivity contribution >= 4 is 16.7 Å². The van der Waals surface area contributed by atoms with Gasteiger partial charge in [-0.3, -0.25) is 0 Å². The summed E-state index contributed by atoms with van der Waals surface area (Å²) in [5, 5.41) is 0. The van der Waals surface area contributed by atoms with Crippen molar-refractivity contribution in [3.63, 3.8) is 0 Å². The largest absolute Gasteiger partial charge is 0.0769 e. The molecule has 0 aliphatic heterocycles. The Labute approximate surface area is 169 Å². The van der Waals surface area contributed by atoms with E-state index in [0.717, 1.165) is 6.42 Å². The Hall–Kier alpha value is -3.12. The average molecular weight is 365 g/mol. The van der Waals surface area contributed by atoms with E-state index in [4.69, 9.17) is 0 Å². The molecule has 140 valence electrons. The summed E-state index contributed by atoms with van der Waals surface area (Å²) in [5.41, 5.74) is 8.77. The lowest BCUT2D eigenvalue weighted by Crippen LogP contribution is -1.88. The molecule has 0 N–H and O–H groups in total. The number of rotatable bonds is 6. The molecule has 0 aliphatic rings. The van der Waals surface area contributed by atoms with Crippen LogP contribution in [0.3, 0.4) is 0 Å². The summed E-state index contributed by atoms with van der Waals surface area (Å²) in [6.07, 6.45) is 7.93. The summed E-state index contributed by atoms with van der Waals surface area (Å²) < 4.78 is 0. The molecule has 0 spiro atoms. The van der Waals surface area contributed by atoms with E-state index in [1.165, 1.54) is 39.0 Å². The molecule has 3 rings (SSSR count). The fourth-order valence-electron chi connectivity index (χ4n) is 3.33. The molecule has 0 amide bonds. The molecule has 0 saturated heterocycles. The fourth-order valence-corrected chi connectivity index (χ4v) is 3.33. The average Bonchev–Trinajstić information content (AvgIpc) is 2.74. The smallest absolute Gasteiger partial charge is 0.0175 e. The van der Waals surface area contributed by atoms with Crippen LogP contribution in [0, 0.1) is 6.92 Å². The molecular weight excluding hydrogens is 336 g/mol. The van der Waals surface area contributed by atoms with E-state index in [-0.39, 0.29) is 0 Å². The molecule has 0 bridgehead atoms. The SMILES string of the molecule is CC\C=C(/C=C(\C=C(/C)c1ccccc1)c1cccc(C)c1)c1ccccc1. The molecule has 0 heteroatoms. The van der Waals surface area contributed by atoms with Gasteiger partial charge >= 0.3 is 0 Å². The van der Waals surface area contributed by atoms with Gasteiger partial charge in [0.05, 0.1) is 0 Å². The van der Waals surface area contributed by atoms with Crippen LogP contribution in [0.1, 0.15) is 42.5 Å². The zero-order valence-electron chi connectivity index (χ0n) is 17.0. The van der Waals surface area contributed by atoms with E-state index in [0.29, 0.717) is 0 Å². The number of benzene rings is 3. The first-order valence-electron chi connectivity index (χ1n) is 9.95. The highest BCUT2D eigenvalue weighted by atomic mass is 14.1. The second-order valence-corrected chi connectivity index (χ2v) is 7.10. The summed E-state index contributed by atoms with van der Waals surface area (Å²) in [5.74, 6) is 0. The standard InChI is InChI=1S/C28H28/c1-4-12-26(25-16-9-6-10-17-25)21-28(27-18-11-13-22(2)19-27)20-23(3)24-14-7-5-8-15-24/h5-21H,4H2,1-3H3/b23-20+,26-12+,28-21+. The first-order chi connectivity index (χ1) is 13.7. The lowest BCUT2D eigenvalue weighted by molar-refractivity contribution is 1.23. The van der Waals surface area contributed by atoms with Gasteiger partial charge in [-0.25, -0.2) is 0 Å². The highest BCUT2D eigenvalue weighted by Gasteiger charge is 2.05. The molecule has 0 aliphatic carbocycles. The topological polar surface area (TPSA) is 0 Å². The van der Waals surface area contributed by atoms with E-state index in [9.17, 15) is 0 Å². The van der Waals surface area contributed by atoms with E-state index in [1.54, 1.807) is 0 Å². The van der Waals surface area contributed by atoms with Gasteiger partial charge in [-0.05, 0) is 59.8 Å². The Morgan fingerprint density at radius 2 is 1.29 bits per heavy atom. The van der Waals surface area contributed by atoms with Gasteiger partial charge in [0.15, 0.2) is 0 Å². The lowest BCUT2D eigenvalue weighted by atomic mass is 9.94. The van der Waals surface area contributed by atoms with E-state index < -0.39 is 0 Å². The molecule has 3 aromatic rings. The molecule has 0 atom stereocenters. The Morgan fingerprint density at radius 3 is 1.89 bits per heavy atom. The summed E-state index contributed by atoms with van der Waals surface area (Å²) in [7, 11) is 0. The van der Waals surface area contributed by atoms with Crippen molar-refractivity contribution in [3.05, 3.63) is 125 Å². The van der Waals surface area contributed by atoms with Crippen LogP contribution >= 0.6 is 0 Å². The maximum absolute atomic E-state index is 2.32. The van der Waals surface area contributed by atoms with Crippen LogP contribution < -0.4 is 0 Å². The van der Waals surface area contributed by atoms with Crippen molar-refractivity contribution < 1.29 is 0 Å². The third kappa shape index (κ3) is 5.20. The monoisotopic (exact) mass is 364 g/mol. The predicted octanol–water partition coefficient (Wildman–Crippen LogP) is 7.98. The van der Waals surface area contributed by atoms with Gasteiger partial charge in [0.1, 0.15) is 0 Å². The molecule has 0 nitrogen and oxygen atoms in total. The molecule has 0 saturated carbocycles. The normalized spacial score (nSPS) is 12.9.